The first-order valence-corrected chi connectivity index (χ1v) is 11.4. The van der Waals surface area contributed by atoms with Crippen LogP contribution in [0.15, 0.2) is 66.7 Å². The van der Waals surface area contributed by atoms with Gasteiger partial charge in [0.05, 0.1) is 11.7 Å². The molecule has 1 aliphatic carbocycles. The van der Waals surface area contributed by atoms with Crippen LogP contribution in [-0.2, 0) is 18.4 Å². The zero-order chi connectivity index (χ0) is 23.6. The third-order valence-electron chi connectivity index (χ3n) is 6.32. The second-order valence-corrected chi connectivity index (χ2v) is 9.74. The maximum Gasteiger partial charge on any atom is 0.322 e. The highest BCUT2D eigenvalue weighted by Crippen LogP contribution is 2.36. The topological polar surface area (TPSA) is 32.3 Å². The maximum atomic E-state index is 14.3. The van der Waals surface area contributed by atoms with E-state index >= 15 is 0 Å². The normalized spacial score (nSPS) is 15.6. The summed E-state index contributed by atoms with van der Waals surface area (Å²) in [6.45, 7) is 6.88. The van der Waals surface area contributed by atoms with Crippen molar-refractivity contribution in [2.24, 2.45) is 0 Å². The molecule has 5 heteroatoms. The predicted molar refractivity (Wildman–Crippen MR) is 128 cm³/mol. The molecule has 2 amide bonds. The average Bonchev–Trinajstić information content (AvgIpc) is 2.79. The van der Waals surface area contributed by atoms with Crippen molar-refractivity contribution < 1.29 is 13.6 Å². The highest BCUT2D eigenvalue weighted by molar-refractivity contribution is 5.89. The van der Waals surface area contributed by atoms with Crippen LogP contribution in [-0.4, -0.2) is 10.9 Å². The van der Waals surface area contributed by atoms with Gasteiger partial charge in [-0.3, -0.25) is 0 Å². The van der Waals surface area contributed by atoms with E-state index in [-0.39, 0.29) is 17.1 Å². The van der Waals surface area contributed by atoms with Crippen molar-refractivity contribution in [3.05, 3.63) is 101 Å². The molecule has 0 heterocycles. The molecule has 0 saturated carbocycles. The molecular formula is C28H30F2N2O. The van der Waals surface area contributed by atoms with Crippen molar-refractivity contribution >= 4 is 11.7 Å². The Morgan fingerprint density at radius 1 is 1.03 bits per heavy atom. The van der Waals surface area contributed by atoms with E-state index in [1.54, 1.807) is 4.90 Å². The number of benzene rings is 3. The molecule has 0 radical (unpaired) electrons. The second-order valence-electron chi connectivity index (χ2n) is 9.74. The summed E-state index contributed by atoms with van der Waals surface area (Å²) in [5.41, 5.74) is 4.60. The number of anilines is 1. The Morgan fingerprint density at radius 2 is 1.76 bits per heavy atom. The van der Waals surface area contributed by atoms with Gasteiger partial charge in [0.25, 0.3) is 0 Å². The lowest BCUT2D eigenvalue weighted by Gasteiger charge is -2.36. The summed E-state index contributed by atoms with van der Waals surface area (Å²) in [5.74, 6) is -1.47. The van der Waals surface area contributed by atoms with Crippen molar-refractivity contribution in [3.8, 4) is 0 Å². The summed E-state index contributed by atoms with van der Waals surface area (Å²) in [6.07, 6.45) is 2.78. The van der Waals surface area contributed by atoms with Gasteiger partial charge < -0.3 is 10.2 Å². The zero-order valence-corrected chi connectivity index (χ0v) is 19.4. The molecule has 0 saturated heterocycles. The minimum absolute atomic E-state index is 0.0291. The Balaban J connectivity index is 1.66. The lowest BCUT2D eigenvalue weighted by atomic mass is 9.86. The standard InChI is InChI=1S/C28H30F2N2O/c1-28(2,3)21-13-11-19(12-14-21)18-32(26-10-6-8-20-7-4-5-9-23(20)26)27(33)31-25-16-15-22(29)17-24(25)30/h4-5,7,9,11-17,26H,6,8,10,18H2,1-3H3,(H,31,33). The molecule has 0 bridgehead atoms. The quantitative estimate of drug-likeness (QED) is 0.444. The lowest BCUT2D eigenvalue weighted by Crippen LogP contribution is -2.39. The minimum Gasteiger partial charge on any atom is -0.313 e. The molecule has 3 aromatic rings. The summed E-state index contributed by atoms with van der Waals surface area (Å²) in [7, 11) is 0. The number of carbonyl (C=O) groups is 1. The number of hydrogen-bond donors (Lipinski definition) is 1. The average molecular weight is 449 g/mol. The number of amides is 2. The Morgan fingerprint density at radius 3 is 2.45 bits per heavy atom. The Hall–Kier alpha value is -3.21. The molecule has 1 atom stereocenters. The van der Waals surface area contributed by atoms with Crippen LogP contribution < -0.4 is 5.32 Å². The van der Waals surface area contributed by atoms with Crippen molar-refractivity contribution in [3.63, 3.8) is 0 Å². The Kier molecular flexibility index (Phi) is 6.50. The summed E-state index contributed by atoms with van der Waals surface area (Å²) >= 11 is 0. The van der Waals surface area contributed by atoms with Crippen LogP contribution in [0.3, 0.4) is 0 Å². The van der Waals surface area contributed by atoms with Gasteiger partial charge in [-0.1, -0.05) is 69.3 Å². The number of halogens is 2. The Bertz CT molecular complexity index is 1140. The van der Waals surface area contributed by atoms with E-state index < -0.39 is 17.7 Å². The number of aryl methyl sites for hydroxylation is 1. The molecule has 1 unspecified atom stereocenters. The number of carbonyl (C=O) groups excluding carboxylic acids is 1. The van der Waals surface area contributed by atoms with Gasteiger partial charge in [-0.25, -0.2) is 13.6 Å². The number of urea groups is 1. The fourth-order valence-electron chi connectivity index (χ4n) is 4.46. The molecule has 4 rings (SSSR count). The van der Waals surface area contributed by atoms with E-state index in [4.69, 9.17) is 0 Å². The fraction of sp³-hybridized carbons (Fsp3) is 0.321. The number of nitrogens with one attached hydrogen (secondary N) is 1. The Labute approximate surface area is 194 Å². The van der Waals surface area contributed by atoms with Crippen molar-refractivity contribution in [2.75, 3.05) is 5.32 Å². The number of fused-ring (bicyclic) bond motifs is 1. The summed E-state index contributed by atoms with van der Waals surface area (Å²) in [6, 6.07) is 19.1. The van der Waals surface area contributed by atoms with E-state index in [2.05, 4.69) is 50.4 Å². The third-order valence-corrected chi connectivity index (χ3v) is 6.32. The van der Waals surface area contributed by atoms with Gasteiger partial charge in [-0.2, -0.15) is 0 Å². The van der Waals surface area contributed by atoms with Crippen LogP contribution in [0.25, 0.3) is 0 Å². The summed E-state index contributed by atoms with van der Waals surface area (Å²) in [5, 5.41) is 2.67. The van der Waals surface area contributed by atoms with Crippen LogP contribution >= 0.6 is 0 Å². The van der Waals surface area contributed by atoms with Crippen molar-refractivity contribution in [1.82, 2.24) is 4.90 Å². The van der Waals surface area contributed by atoms with Gasteiger partial charge in [0.15, 0.2) is 0 Å². The summed E-state index contributed by atoms with van der Waals surface area (Å²) in [4.78, 5) is 15.2. The smallest absolute Gasteiger partial charge is 0.313 e. The van der Waals surface area contributed by atoms with E-state index in [0.29, 0.717) is 6.54 Å². The highest BCUT2D eigenvalue weighted by atomic mass is 19.1. The number of rotatable bonds is 4. The monoisotopic (exact) mass is 448 g/mol. The first kappa shape index (κ1) is 23.0. The molecule has 3 nitrogen and oxygen atoms in total. The molecule has 0 aliphatic heterocycles. The molecule has 0 spiro atoms. The van der Waals surface area contributed by atoms with Crippen molar-refractivity contribution in [1.29, 1.82) is 0 Å². The summed E-state index contributed by atoms with van der Waals surface area (Å²) < 4.78 is 27.6. The first-order chi connectivity index (χ1) is 15.7. The third kappa shape index (κ3) is 5.24. The van der Waals surface area contributed by atoms with Crippen LogP contribution in [0, 0.1) is 11.6 Å². The second kappa shape index (κ2) is 9.34. The molecule has 172 valence electrons. The maximum absolute atomic E-state index is 14.3. The van der Waals surface area contributed by atoms with Gasteiger partial charge in [0.2, 0.25) is 0 Å². The SMILES string of the molecule is CC(C)(C)c1ccc(CN(C(=O)Nc2ccc(F)cc2F)C2CCCc3ccccc32)cc1. The number of nitrogens with zero attached hydrogens (tertiary/aromatic N) is 1. The van der Waals surface area contributed by atoms with Gasteiger partial charge in [0, 0.05) is 12.6 Å². The van der Waals surface area contributed by atoms with Gasteiger partial charge in [-0.05, 0) is 59.1 Å². The van der Waals surface area contributed by atoms with Gasteiger partial charge in [0.1, 0.15) is 11.6 Å². The zero-order valence-electron chi connectivity index (χ0n) is 19.4. The molecule has 33 heavy (non-hydrogen) atoms. The lowest BCUT2D eigenvalue weighted by molar-refractivity contribution is 0.175. The van der Waals surface area contributed by atoms with Crippen LogP contribution in [0.2, 0.25) is 0 Å². The predicted octanol–water partition coefficient (Wildman–Crippen LogP) is 7.37. The largest absolute Gasteiger partial charge is 0.322 e. The minimum atomic E-state index is -0.790. The van der Waals surface area contributed by atoms with Crippen LogP contribution in [0.1, 0.15) is 61.9 Å². The van der Waals surface area contributed by atoms with E-state index in [0.717, 1.165) is 42.5 Å². The first-order valence-electron chi connectivity index (χ1n) is 11.4. The molecule has 1 aliphatic rings. The van der Waals surface area contributed by atoms with Gasteiger partial charge in [-0.15, -0.1) is 0 Å². The van der Waals surface area contributed by atoms with Crippen LogP contribution in [0.5, 0.6) is 0 Å². The molecule has 1 N–H and O–H groups in total. The van der Waals surface area contributed by atoms with E-state index in [1.807, 2.05) is 24.3 Å². The molecule has 0 aromatic heterocycles. The molecule has 0 fully saturated rings. The van der Waals surface area contributed by atoms with Gasteiger partial charge >= 0.3 is 6.03 Å². The van der Waals surface area contributed by atoms with E-state index in [1.165, 1.54) is 17.2 Å². The fourth-order valence-corrected chi connectivity index (χ4v) is 4.46. The number of hydrogen-bond acceptors (Lipinski definition) is 1. The highest BCUT2D eigenvalue weighted by Gasteiger charge is 2.30. The van der Waals surface area contributed by atoms with Crippen molar-refractivity contribution in [2.45, 2.75) is 58.0 Å². The molecular weight excluding hydrogens is 418 g/mol. The van der Waals surface area contributed by atoms with E-state index in [9.17, 15) is 13.6 Å². The molecule has 3 aromatic carbocycles. The van der Waals surface area contributed by atoms with Crippen LogP contribution in [0.4, 0.5) is 19.3 Å².